The van der Waals surface area contributed by atoms with Crippen molar-refractivity contribution in [3.05, 3.63) is 123 Å². The van der Waals surface area contributed by atoms with E-state index in [4.69, 9.17) is 21.1 Å². The molecule has 5 nitrogen and oxygen atoms in total. The lowest BCUT2D eigenvalue weighted by molar-refractivity contribution is -0.139. The molecule has 1 heterocycles. The van der Waals surface area contributed by atoms with Gasteiger partial charge in [-0.1, -0.05) is 72.3 Å². The zero-order chi connectivity index (χ0) is 26.6. The van der Waals surface area contributed by atoms with Crippen molar-refractivity contribution in [1.29, 1.82) is 0 Å². The van der Waals surface area contributed by atoms with Crippen LogP contribution in [0.2, 0.25) is 5.02 Å². The van der Waals surface area contributed by atoms with E-state index in [1.54, 1.807) is 7.11 Å². The third-order valence-electron chi connectivity index (χ3n) is 7.31. The van der Waals surface area contributed by atoms with E-state index in [1.807, 2.05) is 85.8 Å². The number of dihydropyridines is 1. The molecular formula is C32H30ClNO4. The third-order valence-corrected chi connectivity index (χ3v) is 7.56. The molecule has 3 aromatic carbocycles. The van der Waals surface area contributed by atoms with Gasteiger partial charge in [0.05, 0.1) is 25.2 Å². The molecule has 1 aliphatic heterocycles. The smallest absolute Gasteiger partial charge is 0.336 e. The summed E-state index contributed by atoms with van der Waals surface area (Å²) < 4.78 is 11.4. The number of hydrogen-bond acceptors (Lipinski definition) is 5. The number of rotatable bonds is 7. The van der Waals surface area contributed by atoms with Crippen LogP contribution in [-0.2, 0) is 20.7 Å². The number of benzene rings is 3. The fraction of sp³-hybridized carbons (Fsp3) is 0.250. The van der Waals surface area contributed by atoms with Crippen molar-refractivity contribution in [1.82, 2.24) is 5.32 Å². The summed E-state index contributed by atoms with van der Waals surface area (Å²) in [6.45, 7) is 2.12. The summed E-state index contributed by atoms with van der Waals surface area (Å²) in [5, 5.41) is 4.07. The Hall–Kier alpha value is -3.83. The lowest BCUT2D eigenvalue weighted by Gasteiger charge is -2.37. The molecule has 2 atom stereocenters. The molecule has 1 N–H and O–H groups in total. The number of allylic oxidation sites excluding steroid dienone is 3. The Bertz CT molecular complexity index is 1410. The largest absolute Gasteiger partial charge is 0.496 e. The molecule has 2 aliphatic rings. The first-order chi connectivity index (χ1) is 18.5. The first-order valence-electron chi connectivity index (χ1n) is 12.8. The van der Waals surface area contributed by atoms with E-state index >= 15 is 0 Å². The second-order valence-corrected chi connectivity index (χ2v) is 10.1. The zero-order valence-corrected chi connectivity index (χ0v) is 22.3. The molecule has 0 saturated heterocycles. The van der Waals surface area contributed by atoms with E-state index in [0.717, 1.165) is 22.4 Å². The first-order valence-corrected chi connectivity index (χ1v) is 13.2. The predicted octanol–water partition coefficient (Wildman–Crippen LogP) is 6.50. The Morgan fingerprint density at radius 2 is 1.68 bits per heavy atom. The molecule has 0 unspecified atom stereocenters. The average Bonchev–Trinajstić information content (AvgIpc) is 2.93. The maximum atomic E-state index is 13.8. The number of esters is 1. The molecule has 0 spiro atoms. The SMILES string of the molecule is COc1ccccc1[C@@H]1C(C(=O)OCCc2ccccc2)=C(C)NC2=C1C(=O)C[C@@H](c1ccc(Cl)cc1)C2. The molecule has 194 valence electrons. The van der Waals surface area contributed by atoms with E-state index in [1.165, 1.54) is 0 Å². The van der Waals surface area contributed by atoms with Crippen molar-refractivity contribution in [2.24, 2.45) is 0 Å². The van der Waals surface area contributed by atoms with Gasteiger partial charge in [0.25, 0.3) is 0 Å². The van der Waals surface area contributed by atoms with Gasteiger partial charge in [0.2, 0.25) is 0 Å². The molecule has 0 amide bonds. The summed E-state index contributed by atoms with van der Waals surface area (Å²) in [4.78, 5) is 27.4. The Morgan fingerprint density at radius 3 is 2.42 bits per heavy atom. The van der Waals surface area contributed by atoms with Gasteiger partial charge in [0, 0.05) is 40.4 Å². The second kappa shape index (κ2) is 11.3. The highest BCUT2D eigenvalue weighted by Crippen LogP contribution is 2.47. The Labute approximate surface area is 228 Å². The number of carbonyl (C=O) groups excluding carboxylic acids is 2. The van der Waals surface area contributed by atoms with E-state index < -0.39 is 11.9 Å². The summed E-state index contributed by atoms with van der Waals surface area (Å²) in [6.07, 6.45) is 1.62. The van der Waals surface area contributed by atoms with Gasteiger partial charge < -0.3 is 14.8 Å². The van der Waals surface area contributed by atoms with Crippen LogP contribution in [0.5, 0.6) is 5.75 Å². The highest BCUT2D eigenvalue weighted by atomic mass is 35.5. The number of ketones is 1. The van der Waals surface area contributed by atoms with Crippen LogP contribution in [0.25, 0.3) is 0 Å². The summed E-state index contributed by atoms with van der Waals surface area (Å²) in [7, 11) is 1.60. The minimum atomic E-state index is -0.578. The molecule has 0 aromatic heterocycles. The first kappa shape index (κ1) is 25.8. The molecule has 3 aromatic rings. The maximum Gasteiger partial charge on any atom is 0.336 e. The topological polar surface area (TPSA) is 64.6 Å². The van der Waals surface area contributed by atoms with Crippen LogP contribution in [-0.4, -0.2) is 25.5 Å². The zero-order valence-electron chi connectivity index (χ0n) is 21.5. The van der Waals surface area contributed by atoms with Gasteiger partial charge in [-0.05, 0) is 48.6 Å². The van der Waals surface area contributed by atoms with Gasteiger partial charge in [0.1, 0.15) is 5.75 Å². The summed E-state index contributed by atoms with van der Waals surface area (Å²) in [6, 6.07) is 25.1. The summed E-state index contributed by atoms with van der Waals surface area (Å²) in [5.74, 6) is -0.347. The van der Waals surface area contributed by atoms with Crippen molar-refractivity contribution in [2.45, 2.75) is 38.0 Å². The van der Waals surface area contributed by atoms with E-state index in [2.05, 4.69) is 5.32 Å². The lowest BCUT2D eigenvalue weighted by atomic mass is 9.71. The summed E-state index contributed by atoms with van der Waals surface area (Å²) >= 11 is 6.09. The van der Waals surface area contributed by atoms with E-state index in [9.17, 15) is 9.59 Å². The van der Waals surface area contributed by atoms with Crippen molar-refractivity contribution >= 4 is 23.4 Å². The highest BCUT2D eigenvalue weighted by molar-refractivity contribution is 6.30. The molecule has 0 radical (unpaired) electrons. The number of nitrogens with one attached hydrogen (secondary N) is 1. The minimum absolute atomic E-state index is 0.0108. The average molecular weight is 528 g/mol. The van der Waals surface area contributed by atoms with Crippen LogP contribution >= 0.6 is 11.6 Å². The second-order valence-electron chi connectivity index (χ2n) is 9.68. The third kappa shape index (κ3) is 5.25. The molecule has 0 fully saturated rings. The van der Waals surface area contributed by atoms with Crippen LogP contribution in [0.4, 0.5) is 0 Å². The van der Waals surface area contributed by atoms with Crippen LogP contribution in [0.3, 0.4) is 0 Å². The van der Waals surface area contributed by atoms with Gasteiger partial charge in [-0.2, -0.15) is 0 Å². The van der Waals surface area contributed by atoms with Crippen molar-refractivity contribution in [3.8, 4) is 5.75 Å². The Kier molecular flexibility index (Phi) is 7.66. The van der Waals surface area contributed by atoms with Gasteiger partial charge in [0.15, 0.2) is 5.78 Å². The normalized spacial score (nSPS) is 19.1. The number of Topliss-reactive ketones (excluding diaryl/α,β-unsaturated/α-hetero) is 1. The van der Waals surface area contributed by atoms with Crippen molar-refractivity contribution in [2.75, 3.05) is 13.7 Å². The number of ether oxygens (including phenoxy) is 2. The van der Waals surface area contributed by atoms with Gasteiger partial charge in [-0.3, -0.25) is 4.79 Å². The highest BCUT2D eigenvalue weighted by Gasteiger charge is 2.42. The fourth-order valence-electron chi connectivity index (χ4n) is 5.48. The molecular weight excluding hydrogens is 498 g/mol. The predicted molar refractivity (Wildman–Crippen MR) is 148 cm³/mol. The van der Waals surface area contributed by atoms with Crippen molar-refractivity contribution in [3.63, 3.8) is 0 Å². The Balaban J connectivity index is 1.49. The number of para-hydroxylation sites is 1. The quantitative estimate of drug-likeness (QED) is 0.355. The van der Waals surface area contributed by atoms with E-state index in [0.29, 0.717) is 46.9 Å². The summed E-state index contributed by atoms with van der Waals surface area (Å²) in [5.41, 5.74) is 5.52. The van der Waals surface area contributed by atoms with Gasteiger partial charge >= 0.3 is 5.97 Å². The maximum absolute atomic E-state index is 13.8. The molecule has 5 rings (SSSR count). The number of carbonyl (C=O) groups is 2. The van der Waals surface area contributed by atoms with Crippen LogP contribution in [0.1, 0.15) is 48.3 Å². The Morgan fingerprint density at radius 1 is 0.974 bits per heavy atom. The monoisotopic (exact) mass is 527 g/mol. The molecule has 38 heavy (non-hydrogen) atoms. The van der Waals surface area contributed by atoms with Crippen LogP contribution in [0.15, 0.2) is 101 Å². The standard InChI is InChI=1S/C32H30ClNO4/c1-20-29(32(36)38-17-16-21-8-4-3-5-9-21)30(25-10-6-7-11-28(25)37-2)31-26(34-20)18-23(19-27(31)35)22-12-14-24(33)15-13-22/h3-15,23,30,34H,16-19H2,1-2H3/t23-,30+/m0/s1. The van der Waals surface area contributed by atoms with Crippen LogP contribution < -0.4 is 10.1 Å². The molecule has 0 bridgehead atoms. The van der Waals surface area contributed by atoms with E-state index in [-0.39, 0.29) is 18.3 Å². The molecule has 0 saturated carbocycles. The van der Waals surface area contributed by atoms with Gasteiger partial charge in [-0.15, -0.1) is 0 Å². The van der Waals surface area contributed by atoms with Crippen LogP contribution in [0, 0.1) is 0 Å². The minimum Gasteiger partial charge on any atom is -0.496 e. The number of halogens is 1. The number of methoxy groups -OCH3 is 1. The van der Waals surface area contributed by atoms with Crippen molar-refractivity contribution < 1.29 is 19.1 Å². The molecule has 6 heteroatoms. The molecule has 1 aliphatic carbocycles. The van der Waals surface area contributed by atoms with Gasteiger partial charge in [-0.25, -0.2) is 4.79 Å². The lowest BCUT2D eigenvalue weighted by Crippen LogP contribution is -2.36. The number of hydrogen-bond donors (Lipinski definition) is 1. The fourth-order valence-corrected chi connectivity index (χ4v) is 5.61.